The highest BCUT2D eigenvalue weighted by atomic mass is 16.5. The fourth-order valence-electron chi connectivity index (χ4n) is 6.50. The summed E-state index contributed by atoms with van der Waals surface area (Å²) in [5, 5.41) is 14.6. The molecule has 214 valence electrons. The highest BCUT2D eigenvalue weighted by Gasteiger charge is 2.45. The summed E-state index contributed by atoms with van der Waals surface area (Å²) >= 11 is 0. The van der Waals surface area contributed by atoms with E-state index in [1.807, 2.05) is 52.0 Å². The zero-order chi connectivity index (χ0) is 28.9. The molecule has 0 spiro atoms. The maximum atomic E-state index is 13.7. The Labute approximate surface area is 235 Å². The van der Waals surface area contributed by atoms with Gasteiger partial charge in [0, 0.05) is 29.5 Å². The van der Waals surface area contributed by atoms with Gasteiger partial charge in [-0.3, -0.25) is 14.5 Å². The van der Waals surface area contributed by atoms with E-state index in [0.29, 0.717) is 54.1 Å². The summed E-state index contributed by atoms with van der Waals surface area (Å²) in [5.41, 5.74) is 5.84. The van der Waals surface area contributed by atoms with E-state index in [1.165, 1.54) is 0 Å². The number of nitrogens with one attached hydrogen (secondary N) is 1. The minimum absolute atomic E-state index is 0.0716. The second-order valence-electron chi connectivity index (χ2n) is 12.1. The van der Waals surface area contributed by atoms with Crippen LogP contribution in [0, 0.1) is 0 Å². The number of carbonyl (C=O) groups is 2. The standard InChI is InChI=1S/C31H40N4O5/c1-6-31(7-2)17-25(36)35(28(32)34-31)22-14-15-39-23-13-12-19(16-21(22)23)27(37)33-26-20-10-8-9-11-24(20)40-29(3,4)18-30(26,5)38/h8-13,16,22,26,38H,6-7,14-15,17-18H2,1-5H3,(H2,32,34)(H,33,37)/t22-,26?,30?/m1/s1. The fourth-order valence-corrected chi connectivity index (χ4v) is 6.50. The van der Waals surface area contributed by atoms with Crippen LogP contribution < -0.4 is 20.5 Å². The summed E-state index contributed by atoms with van der Waals surface area (Å²) in [6, 6.07) is 11.6. The lowest BCUT2D eigenvalue weighted by atomic mass is 9.82. The van der Waals surface area contributed by atoms with Crippen LogP contribution >= 0.6 is 0 Å². The van der Waals surface area contributed by atoms with Crippen molar-refractivity contribution in [3.63, 3.8) is 0 Å². The second-order valence-corrected chi connectivity index (χ2v) is 12.1. The van der Waals surface area contributed by atoms with Crippen molar-refractivity contribution < 1.29 is 24.2 Å². The van der Waals surface area contributed by atoms with Gasteiger partial charge in [0.25, 0.3) is 5.91 Å². The average molecular weight is 549 g/mol. The van der Waals surface area contributed by atoms with Gasteiger partial charge in [-0.25, -0.2) is 4.99 Å². The molecule has 0 fully saturated rings. The molecule has 2 aromatic carbocycles. The first kappa shape index (κ1) is 28.0. The van der Waals surface area contributed by atoms with Gasteiger partial charge in [-0.1, -0.05) is 32.0 Å². The maximum Gasteiger partial charge on any atom is 0.251 e. The molecule has 0 saturated carbocycles. The molecule has 9 nitrogen and oxygen atoms in total. The molecule has 3 heterocycles. The first-order chi connectivity index (χ1) is 18.9. The van der Waals surface area contributed by atoms with Crippen LogP contribution in [0.5, 0.6) is 11.5 Å². The number of aliphatic hydroxyl groups is 1. The van der Waals surface area contributed by atoms with Crippen LogP contribution in [-0.4, -0.2) is 51.1 Å². The highest BCUT2D eigenvalue weighted by Crippen LogP contribution is 2.44. The van der Waals surface area contributed by atoms with Gasteiger partial charge in [0.1, 0.15) is 17.1 Å². The number of aliphatic imine (C=N–C) groups is 1. The molecule has 3 aliphatic heterocycles. The third-order valence-electron chi connectivity index (χ3n) is 8.55. The predicted molar refractivity (Wildman–Crippen MR) is 152 cm³/mol. The predicted octanol–water partition coefficient (Wildman–Crippen LogP) is 4.40. The molecule has 9 heteroatoms. The molecule has 2 aromatic rings. The van der Waals surface area contributed by atoms with Gasteiger partial charge in [-0.05, 0) is 57.9 Å². The molecule has 2 amide bonds. The summed E-state index contributed by atoms with van der Waals surface area (Å²) < 4.78 is 12.1. The number of hydrogen-bond donors (Lipinski definition) is 3. The number of fused-ring (bicyclic) bond motifs is 2. The van der Waals surface area contributed by atoms with Crippen LogP contribution in [0.15, 0.2) is 47.5 Å². The zero-order valence-electron chi connectivity index (χ0n) is 24.0. The molecular weight excluding hydrogens is 508 g/mol. The minimum Gasteiger partial charge on any atom is -0.493 e. The summed E-state index contributed by atoms with van der Waals surface area (Å²) in [5.74, 6) is 1.02. The Kier molecular flexibility index (Phi) is 7.06. The smallest absolute Gasteiger partial charge is 0.251 e. The number of hydrogen-bond acceptors (Lipinski definition) is 7. The van der Waals surface area contributed by atoms with Crippen LogP contribution in [0.2, 0.25) is 0 Å². The van der Waals surface area contributed by atoms with Gasteiger partial charge in [0.2, 0.25) is 5.91 Å². The van der Waals surface area contributed by atoms with Crippen molar-refractivity contribution in [2.45, 2.75) is 95.5 Å². The van der Waals surface area contributed by atoms with Gasteiger partial charge >= 0.3 is 0 Å². The molecule has 3 atom stereocenters. The molecule has 0 saturated heterocycles. The zero-order valence-corrected chi connectivity index (χ0v) is 24.0. The highest BCUT2D eigenvalue weighted by molar-refractivity contribution is 6.00. The lowest BCUT2D eigenvalue weighted by Gasteiger charge is -2.41. The minimum atomic E-state index is -1.28. The SMILES string of the molecule is CCC1(CC)CC(=O)N([C@@H]2CCOc3ccc(C(=O)NC4c5ccccc5OC(C)(C)CC4(C)O)cc32)C(N)=N1. The normalized spacial score (nSPS) is 26.8. The van der Waals surface area contributed by atoms with Crippen molar-refractivity contribution in [2.75, 3.05) is 6.61 Å². The number of guanidine groups is 1. The Hall–Kier alpha value is -3.59. The lowest BCUT2D eigenvalue weighted by molar-refractivity contribution is -0.132. The van der Waals surface area contributed by atoms with E-state index in [9.17, 15) is 14.7 Å². The van der Waals surface area contributed by atoms with Crippen LogP contribution in [-0.2, 0) is 4.79 Å². The maximum absolute atomic E-state index is 13.7. The Morgan fingerprint density at radius 2 is 1.85 bits per heavy atom. The average Bonchev–Trinajstić information content (AvgIpc) is 2.97. The molecule has 0 radical (unpaired) electrons. The Morgan fingerprint density at radius 1 is 1.12 bits per heavy atom. The van der Waals surface area contributed by atoms with E-state index in [0.717, 1.165) is 12.8 Å². The van der Waals surface area contributed by atoms with E-state index < -0.39 is 28.8 Å². The largest absolute Gasteiger partial charge is 0.493 e. The molecule has 0 aromatic heterocycles. The van der Waals surface area contributed by atoms with Crippen molar-refractivity contribution in [2.24, 2.45) is 10.7 Å². The third-order valence-corrected chi connectivity index (χ3v) is 8.55. The van der Waals surface area contributed by atoms with Gasteiger partial charge < -0.3 is 25.6 Å². The Balaban J connectivity index is 1.47. The summed E-state index contributed by atoms with van der Waals surface area (Å²) in [4.78, 5) is 33.5. The van der Waals surface area contributed by atoms with Crippen LogP contribution in [0.3, 0.4) is 0 Å². The molecule has 0 bridgehead atoms. The number of rotatable bonds is 5. The summed E-state index contributed by atoms with van der Waals surface area (Å²) in [7, 11) is 0. The van der Waals surface area contributed by atoms with E-state index in [2.05, 4.69) is 5.32 Å². The van der Waals surface area contributed by atoms with Crippen molar-refractivity contribution in [3.05, 3.63) is 59.2 Å². The molecule has 5 rings (SSSR count). The number of benzene rings is 2. The first-order valence-corrected chi connectivity index (χ1v) is 14.1. The van der Waals surface area contributed by atoms with Crippen LogP contribution in [0.1, 0.15) is 100 Å². The third kappa shape index (κ3) is 5.03. The summed E-state index contributed by atoms with van der Waals surface area (Å²) in [6.45, 7) is 10.0. The van der Waals surface area contributed by atoms with E-state index in [4.69, 9.17) is 20.2 Å². The van der Waals surface area contributed by atoms with E-state index in [1.54, 1.807) is 30.0 Å². The van der Waals surface area contributed by atoms with Gasteiger partial charge in [0.05, 0.1) is 36.3 Å². The van der Waals surface area contributed by atoms with Crippen LogP contribution in [0.4, 0.5) is 0 Å². The van der Waals surface area contributed by atoms with Gasteiger partial charge in [-0.2, -0.15) is 0 Å². The van der Waals surface area contributed by atoms with Crippen molar-refractivity contribution in [3.8, 4) is 11.5 Å². The lowest BCUT2D eigenvalue weighted by Crippen LogP contribution is -2.53. The Bertz CT molecular complexity index is 1350. The summed E-state index contributed by atoms with van der Waals surface area (Å²) in [6.07, 6.45) is 2.60. The monoisotopic (exact) mass is 548 g/mol. The second kappa shape index (κ2) is 10.1. The van der Waals surface area contributed by atoms with E-state index in [-0.39, 0.29) is 17.8 Å². The molecule has 0 aliphatic carbocycles. The number of nitrogens with zero attached hydrogens (tertiary/aromatic N) is 2. The van der Waals surface area contributed by atoms with Gasteiger partial charge in [0.15, 0.2) is 5.96 Å². The molecule has 40 heavy (non-hydrogen) atoms. The number of amides is 2. The molecule has 4 N–H and O–H groups in total. The van der Waals surface area contributed by atoms with E-state index >= 15 is 0 Å². The number of ether oxygens (including phenoxy) is 2. The molecule has 3 aliphatic rings. The van der Waals surface area contributed by atoms with Crippen molar-refractivity contribution in [1.29, 1.82) is 0 Å². The van der Waals surface area contributed by atoms with Crippen LogP contribution in [0.25, 0.3) is 0 Å². The molecule has 2 unspecified atom stereocenters. The topological polar surface area (TPSA) is 126 Å². The first-order valence-electron chi connectivity index (χ1n) is 14.1. The Morgan fingerprint density at radius 3 is 2.55 bits per heavy atom. The number of nitrogens with two attached hydrogens (primary N) is 1. The van der Waals surface area contributed by atoms with Crippen molar-refractivity contribution >= 4 is 17.8 Å². The van der Waals surface area contributed by atoms with Crippen molar-refractivity contribution in [1.82, 2.24) is 10.2 Å². The number of para-hydroxylation sites is 1. The fraction of sp³-hybridized carbons (Fsp3) is 0.516. The number of carbonyl (C=O) groups excluding carboxylic acids is 2. The van der Waals surface area contributed by atoms with Gasteiger partial charge in [-0.15, -0.1) is 0 Å². The quantitative estimate of drug-likeness (QED) is 0.509. The molecular formula is C31H40N4O5.